The maximum atomic E-state index is 12.6. The molecule has 25 heavy (non-hydrogen) atoms. The van der Waals surface area contributed by atoms with Gasteiger partial charge in [-0.1, -0.05) is 42.5 Å². The molecule has 2 amide bonds. The van der Waals surface area contributed by atoms with Crippen LogP contribution < -0.4 is 10.2 Å². The number of amides is 2. The summed E-state index contributed by atoms with van der Waals surface area (Å²) in [6, 6.07) is 23.2. The maximum Gasteiger partial charge on any atom is 0.276 e. The van der Waals surface area contributed by atoms with Gasteiger partial charge in [0.15, 0.2) is 0 Å². The van der Waals surface area contributed by atoms with Crippen LogP contribution in [0, 0.1) is 0 Å². The Labute approximate surface area is 145 Å². The third kappa shape index (κ3) is 3.90. The molecular formula is C20H17N3O2. The molecule has 0 aliphatic carbocycles. The second kappa shape index (κ2) is 7.40. The second-order valence-electron chi connectivity index (χ2n) is 5.43. The molecule has 0 spiro atoms. The Morgan fingerprint density at radius 1 is 0.800 bits per heavy atom. The summed E-state index contributed by atoms with van der Waals surface area (Å²) in [5.41, 5.74) is 1.84. The van der Waals surface area contributed by atoms with Gasteiger partial charge in [-0.2, -0.15) is 0 Å². The Hall–Kier alpha value is -3.47. The van der Waals surface area contributed by atoms with E-state index in [2.05, 4.69) is 10.3 Å². The number of rotatable bonds is 4. The van der Waals surface area contributed by atoms with Crippen molar-refractivity contribution in [2.24, 2.45) is 0 Å². The molecule has 1 heterocycles. The van der Waals surface area contributed by atoms with Gasteiger partial charge in [-0.3, -0.25) is 9.59 Å². The average molecular weight is 331 g/mol. The van der Waals surface area contributed by atoms with Gasteiger partial charge in [0.05, 0.1) is 0 Å². The van der Waals surface area contributed by atoms with Crippen molar-refractivity contribution in [3.05, 3.63) is 90.3 Å². The van der Waals surface area contributed by atoms with Gasteiger partial charge in [0.2, 0.25) is 0 Å². The number of anilines is 2. The number of aromatic nitrogens is 1. The van der Waals surface area contributed by atoms with Crippen LogP contribution in [0.1, 0.15) is 21.0 Å². The topological polar surface area (TPSA) is 62.3 Å². The van der Waals surface area contributed by atoms with E-state index in [-0.39, 0.29) is 23.2 Å². The first kappa shape index (κ1) is 16.4. The van der Waals surface area contributed by atoms with Crippen molar-refractivity contribution < 1.29 is 9.59 Å². The standard InChI is InChI=1S/C20H17N3O2/c1-23(16-11-6-3-7-12-16)20(25)18-14-8-13-17(22-18)19(24)21-15-9-4-2-5-10-15/h2-14H,1H3,(H,21,24). The summed E-state index contributed by atoms with van der Waals surface area (Å²) in [6.07, 6.45) is 0. The van der Waals surface area contributed by atoms with E-state index in [9.17, 15) is 9.59 Å². The SMILES string of the molecule is CN(C(=O)c1cccc(C(=O)Nc2ccccc2)n1)c1ccccc1. The van der Waals surface area contributed by atoms with Crippen molar-refractivity contribution in [3.63, 3.8) is 0 Å². The number of carbonyl (C=O) groups excluding carboxylic acids is 2. The predicted octanol–water partition coefficient (Wildman–Crippen LogP) is 3.61. The molecule has 124 valence electrons. The number of nitrogens with one attached hydrogen (secondary N) is 1. The van der Waals surface area contributed by atoms with E-state index in [1.165, 1.54) is 4.90 Å². The maximum absolute atomic E-state index is 12.6. The van der Waals surface area contributed by atoms with Crippen LogP contribution in [-0.4, -0.2) is 23.8 Å². The molecule has 0 atom stereocenters. The minimum Gasteiger partial charge on any atom is -0.321 e. The van der Waals surface area contributed by atoms with Gasteiger partial charge >= 0.3 is 0 Å². The van der Waals surface area contributed by atoms with Gasteiger partial charge in [-0.05, 0) is 36.4 Å². The van der Waals surface area contributed by atoms with E-state index < -0.39 is 0 Å². The van der Waals surface area contributed by atoms with Crippen LogP contribution in [0.25, 0.3) is 0 Å². The summed E-state index contributed by atoms with van der Waals surface area (Å²) in [5, 5.41) is 2.76. The number of pyridine rings is 1. The molecule has 0 bridgehead atoms. The van der Waals surface area contributed by atoms with Gasteiger partial charge in [-0.25, -0.2) is 4.98 Å². The van der Waals surface area contributed by atoms with Crippen molar-refractivity contribution in [2.45, 2.75) is 0 Å². The molecule has 1 N–H and O–H groups in total. The molecule has 3 rings (SSSR count). The molecule has 0 saturated carbocycles. The summed E-state index contributed by atoms with van der Waals surface area (Å²) in [5.74, 6) is -0.635. The Morgan fingerprint density at radius 3 is 2.08 bits per heavy atom. The van der Waals surface area contributed by atoms with Crippen molar-refractivity contribution >= 4 is 23.2 Å². The van der Waals surface area contributed by atoms with Crippen LogP contribution >= 0.6 is 0 Å². The molecule has 0 unspecified atom stereocenters. The van der Waals surface area contributed by atoms with Crippen LogP contribution in [0.5, 0.6) is 0 Å². The first-order chi connectivity index (χ1) is 12.1. The van der Waals surface area contributed by atoms with Crippen LogP contribution in [0.2, 0.25) is 0 Å². The molecule has 0 aliphatic rings. The molecule has 3 aromatic rings. The highest BCUT2D eigenvalue weighted by atomic mass is 16.2. The summed E-state index contributed by atoms with van der Waals surface area (Å²) in [6.45, 7) is 0. The normalized spacial score (nSPS) is 10.1. The first-order valence-corrected chi connectivity index (χ1v) is 7.82. The molecular weight excluding hydrogens is 314 g/mol. The lowest BCUT2D eigenvalue weighted by Crippen LogP contribution is -2.27. The molecule has 0 radical (unpaired) electrons. The van der Waals surface area contributed by atoms with E-state index >= 15 is 0 Å². The number of para-hydroxylation sites is 2. The summed E-state index contributed by atoms with van der Waals surface area (Å²) < 4.78 is 0. The first-order valence-electron chi connectivity index (χ1n) is 7.82. The fraction of sp³-hybridized carbons (Fsp3) is 0.0500. The summed E-state index contributed by atoms with van der Waals surface area (Å²) in [7, 11) is 1.68. The minimum atomic E-state index is -0.358. The van der Waals surface area contributed by atoms with E-state index in [1.807, 2.05) is 48.5 Å². The van der Waals surface area contributed by atoms with Crippen LogP contribution in [0.4, 0.5) is 11.4 Å². The van der Waals surface area contributed by atoms with E-state index in [4.69, 9.17) is 0 Å². The Kier molecular flexibility index (Phi) is 4.85. The van der Waals surface area contributed by atoms with Gasteiger partial charge < -0.3 is 10.2 Å². The van der Waals surface area contributed by atoms with Gasteiger partial charge in [0, 0.05) is 18.4 Å². The van der Waals surface area contributed by atoms with Crippen LogP contribution in [0.3, 0.4) is 0 Å². The summed E-state index contributed by atoms with van der Waals surface area (Å²) >= 11 is 0. The molecule has 5 nitrogen and oxygen atoms in total. The van der Waals surface area contributed by atoms with Crippen molar-refractivity contribution in [1.82, 2.24) is 4.98 Å². The van der Waals surface area contributed by atoms with Crippen LogP contribution in [0.15, 0.2) is 78.9 Å². The zero-order valence-corrected chi connectivity index (χ0v) is 13.7. The summed E-state index contributed by atoms with van der Waals surface area (Å²) in [4.78, 5) is 30.7. The van der Waals surface area contributed by atoms with Gasteiger partial charge in [0.25, 0.3) is 11.8 Å². The fourth-order valence-corrected chi connectivity index (χ4v) is 2.34. The molecule has 2 aromatic carbocycles. The molecule has 0 aliphatic heterocycles. The van der Waals surface area contributed by atoms with E-state index in [0.29, 0.717) is 5.69 Å². The quantitative estimate of drug-likeness (QED) is 0.794. The highest BCUT2D eigenvalue weighted by Crippen LogP contribution is 2.14. The number of benzene rings is 2. The predicted molar refractivity (Wildman–Crippen MR) is 97.8 cm³/mol. The number of carbonyl (C=O) groups is 2. The Balaban J connectivity index is 1.79. The zero-order chi connectivity index (χ0) is 17.6. The van der Waals surface area contributed by atoms with Crippen molar-refractivity contribution in [2.75, 3.05) is 17.3 Å². The van der Waals surface area contributed by atoms with Crippen molar-refractivity contribution in [1.29, 1.82) is 0 Å². The van der Waals surface area contributed by atoms with Gasteiger partial charge in [-0.15, -0.1) is 0 Å². The molecule has 0 fully saturated rings. The van der Waals surface area contributed by atoms with Gasteiger partial charge in [0.1, 0.15) is 11.4 Å². The molecule has 0 saturated heterocycles. The lowest BCUT2D eigenvalue weighted by molar-refractivity contribution is 0.0988. The Morgan fingerprint density at radius 2 is 1.40 bits per heavy atom. The number of hydrogen-bond donors (Lipinski definition) is 1. The fourth-order valence-electron chi connectivity index (χ4n) is 2.34. The van der Waals surface area contributed by atoms with Crippen LogP contribution in [-0.2, 0) is 0 Å². The molecule has 5 heteroatoms. The smallest absolute Gasteiger partial charge is 0.276 e. The third-order valence-electron chi connectivity index (χ3n) is 3.68. The average Bonchev–Trinajstić information content (AvgIpc) is 2.68. The highest BCUT2D eigenvalue weighted by molar-refractivity contribution is 6.06. The minimum absolute atomic E-state index is 0.191. The number of hydrogen-bond acceptors (Lipinski definition) is 3. The molecule has 1 aromatic heterocycles. The van der Waals surface area contributed by atoms with Crippen molar-refractivity contribution in [3.8, 4) is 0 Å². The zero-order valence-electron chi connectivity index (χ0n) is 13.7. The van der Waals surface area contributed by atoms with E-state index in [1.54, 1.807) is 37.4 Å². The largest absolute Gasteiger partial charge is 0.321 e. The highest BCUT2D eigenvalue weighted by Gasteiger charge is 2.17. The van der Waals surface area contributed by atoms with E-state index in [0.717, 1.165) is 5.69 Å². The number of nitrogens with zero attached hydrogens (tertiary/aromatic N) is 2. The monoisotopic (exact) mass is 331 g/mol. The second-order valence-corrected chi connectivity index (χ2v) is 5.43. The lowest BCUT2D eigenvalue weighted by Gasteiger charge is -2.17. The Bertz CT molecular complexity index is 880. The third-order valence-corrected chi connectivity index (χ3v) is 3.68. The lowest BCUT2D eigenvalue weighted by atomic mass is 10.2.